The van der Waals surface area contributed by atoms with Crippen LogP contribution in [-0.2, 0) is 25.6 Å². The highest BCUT2D eigenvalue weighted by atomic mass is 32.2. The number of rotatable bonds is 7. The first-order valence-electron chi connectivity index (χ1n) is 12.9. The average Bonchev–Trinajstić information content (AvgIpc) is 3.22. The monoisotopic (exact) mass is 531 g/mol. The summed E-state index contributed by atoms with van der Waals surface area (Å²) in [6.45, 7) is 2.64. The second kappa shape index (κ2) is 11.0. The summed E-state index contributed by atoms with van der Waals surface area (Å²) >= 11 is 1.55. The summed E-state index contributed by atoms with van der Waals surface area (Å²) in [5, 5.41) is 0. The smallest absolute Gasteiger partial charge is 0.262 e. The zero-order chi connectivity index (χ0) is 26.1. The number of nitrogens with zero attached hydrogens (tertiary/aromatic N) is 1. The minimum atomic E-state index is -0.688. The largest absolute Gasteiger partial charge is 0.368 e. The molecule has 6 atom stereocenters. The summed E-state index contributed by atoms with van der Waals surface area (Å²) in [4.78, 5) is 28.6. The molecular weight excluding hydrogens is 502 g/mol. The van der Waals surface area contributed by atoms with Gasteiger partial charge in [-0.3, -0.25) is 14.5 Å². The third-order valence-corrected chi connectivity index (χ3v) is 8.17. The number of thioether (sulfide) groups is 1. The van der Waals surface area contributed by atoms with Gasteiger partial charge in [-0.25, -0.2) is 0 Å². The van der Waals surface area contributed by atoms with Crippen LogP contribution in [0.2, 0.25) is 0 Å². The average molecular weight is 532 g/mol. The Kier molecular flexibility index (Phi) is 7.32. The normalized spacial score (nSPS) is 28.7. The van der Waals surface area contributed by atoms with E-state index in [-0.39, 0.29) is 11.8 Å². The van der Waals surface area contributed by atoms with E-state index in [1.54, 1.807) is 36.0 Å². The fraction of sp³-hybridized carbons (Fsp3) is 0.333. The van der Waals surface area contributed by atoms with Gasteiger partial charge in [0.2, 0.25) is 0 Å². The van der Waals surface area contributed by atoms with E-state index in [4.69, 9.17) is 18.9 Å². The van der Waals surface area contributed by atoms with Crippen LogP contribution in [0.1, 0.15) is 45.1 Å². The van der Waals surface area contributed by atoms with Crippen LogP contribution in [0.4, 0.5) is 0 Å². The molecule has 0 radical (unpaired) electrons. The van der Waals surface area contributed by atoms with Crippen LogP contribution >= 0.6 is 11.8 Å². The summed E-state index contributed by atoms with van der Waals surface area (Å²) in [5.74, 6) is 0.0697. The van der Waals surface area contributed by atoms with E-state index in [1.807, 2.05) is 67.6 Å². The van der Waals surface area contributed by atoms with E-state index < -0.39 is 36.1 Å². The topological polar surface area (TPSA) is 74.3 Å². The van der Waals surface area contributed by atoms with Gasteiger partial charge in [0.15, 0.2) is 6.29 Å². The van der Waals surface area contributed by atoms with Gasteiger partial charge in [-0.15, -0.1) is 11.8 Å². The molecule has 3 aromatic rings. The quantitative estimate of drug-likeness (QED) is 0.405. The van der Waals surface area contributed by atoms with Crippen molar-refractivity contribution in [3.8, 4) is 0 Å². The highest BCUT2D eigenvalue weighted by molar-refractivity contribution is 7.99. The molecule has 0 bridgehead atoms. The van der Waals surface area contributed by atoms with E-state index in [9.17, 15) is 9.59 Å². The third-order valence-electron chi connectivity index (χ3n) is 7.12. The van der Waals surface area contributed by atoms with E-state index in [0.29, 0.717) is 24.3 Å². The molecule has 3 aliphatic rings. The molecule has 0 saturated carbocycles. The van der Waals surface area contributed by atoms with Crippen molar-refractivity contribution >= 4 is 23.6 Å². The van der Waals surface area contributed by atoms with Crippen molar-refractivity contribution in [2.75, 3.05) is 12.4 Å². The van der Waals surface area contributed by atoms with Gasteiger partial charge in [0.25, 0.3) is 11.8 Å². The maximum atomic E-state index is 13.6. The van der Waals surface area contributed by atoms with E-state index in [0.717, 1.165) is 16.9 Å². The molecule has 8 heteroatoms. The summed E-state index contributed by atoms with van der Waals surface area (Å²) < 4.78 is 25.7. The van der Waals surface area contributed by atoms with Gasteiger partial charge in [-0.05, 0) is 23.4 Å². The molecule has 6 rings (SSSR count). The first kappa shape index (κ1) is 25.3. The van der Waals surface area contributed by atoms with Crippen molar-refractivity contribution < 1.29 is 28.5 Å². The molecule has 38 heavy (non-hydrogen) atoms. The molecular formula is C30H29NO6S. The molecule has 0 spiro atoms. The number of carbonyl (C=O) groups is 2. The summed E-state index contributed by atoms with van der Waals surface area (Å²) in [7, 11) is 0. The lowest BCUT2D eigenvalue weighted by Crippen LogP contribution is -2.67. The number of ether oxygens (including phenoxy) is 4. The molecule has 0 aromatic heterocycles. The Morgan fingerprint density at radius 1 is 0.868 bits per heavy atom. The molecule has 196 valence electrons. The van der Waals surface area contributed by atoms with Crippen molar-refractivity contribution in [2.45, 2.75) is 49.6 Å². The third kappa shape index (κ3) is 4.67. The molecule has 3 unspecified atom stereocenters. The second-order valence-corrected chi connectivity index (χ2v) is 10.8. The van der Waals surface area contributed by atoms with E-state index in [1.165, 1.54) is 4.90 Å². The zero-order valence-corrected chi connectivity index (χ0v) is 21.8. The predicted octanol–water partition coefficient (Wildman–Crippen LogP) is 4.83. The number of benzene rings is 3. The summed E-state index contributed by atoms with van der Waals surface area (Å²) in [5.41, 5.74) is 2.18. The first-order chi connectivity index (χ1) is 18.7. The highest BCUT2D eigenvalue weighted by Crippen LogP contribution is 2.42. The molecule has 3 aromatic carbocycles. The molecule has 3 aliphatic heterocycles. The Hall–Kier alpha value is -3.01. The summed E-state index contributed by atoms with van der Waals surface area (Å²) in [6.07, 6.45) is -2.20. The van der Waals surface area contributed by atoms with Gasteiger partial charge < -0.3 is 18.9 Å². The van der Waals surface area contributed by atoms with Gasteiger partial charge in [-0.2, -0.15) is 0 Å². The lowest BCUT2D eigenvalue weighted by molar-refractivity contribution is -0.316. The van der Waals surface area contributed by atoms with Gasteiger partial charge in [0.1, 0.15) is 29.8 Å². The van der Waals surface area contributed by atoms with Crippen molar-refractivity contribution in [3.05, 3.63) is 107 Å². The Labute approximate surface area is 226 Å². The number of hydrogen-bond donors (Lipinski definition) is 0. The lowest BCUT2D eigenvalue weighted by atomic mass is 9.95. The number of amides is 2. The number of hydrogen-bond acceptors (Lipinski definition) is 7. The standard InChI is InChI=1S/C30H29NO6S/c1-2-38-30-24(31-27(32)21-15-9-10-16-22(21)28(31)33)26(34-17-19-11-5-3-6-12-19)25-23(36-30)18-35-29(37-25)20-13-7-4-8-14-20/h3-16,23-26,29-30H,2,17-18H2,1H3/t23?,24-,25+,26?,29?,30-/m0/s1. The van der Waals surface area contributed by atoms with Crippen LogP contribution in [0.25, 0.3) is 0 Å². The van der Waals surface area contributed by atoms with Crippen molar-refractivity contribution in [2.24, 2.45) is 0 Å². The molecule has 3 heterocycles. The molecule has 2 saturated heterocycles. The van der Waals surface area contributed by atoms with Crippen LogP contribution in [0, 0.1) is 0 Å². The minimum absolute atomic E-state index is 0.304. The molecule has 0 N–H and O–H groups in total. The number of imide groups is 1. The molecule has 2 amide bonds. The Balaban J connectivity index is 1.37. The lowest BCUT2D eigenvalue weighted by Gasteiger charge is -2.51. The van der Waals surface area contributed by atoms with Gasteiger partial charge in [0, 0.05) is 5.56 Å². The zero-order valence-electron chi connectivity index (χ0n) is 21.0. The van der Waals surface area contributed by atoms with Crippen LogP contribution in [-0.4, -0.2) is 58.9 Å². The molecule has 0 aliphatic carbocycles. The predicted molar refractivity (Wildman–Crippen MR) is 143 cm³/mol. The first-order valence-corrected chi connectivity index (χ1v) is 13.9. The Morgan fingerprint density at radius 3 is 2.16 bits per heavy atom. The van der Waals surface area contributed by atoms with Crippen LogP contribution in [0.15, 0.2) is 84.9 Å². The van der Waals surface area contributed by atoms with Crippen molar-refractivity contribution in [1.29, 1.82) is 0 Å². The van der Waals surface area contributed by atoms with Crippen LogP contribution < -0.4 is 0 Å². The van der Waals surface area contributed by atoms with E-state index in [2.05, 4.69) is 0 Å². The van der Waals surface area contributed by atoms with Crippen molar-refractivity contribution in [3.63, 3.8) is 0 Å². The maximum absolute atomic E-state index is 13.6. The minimum Gasteiger partial charge on any atom is -0.368 e. The maximum Gasteiger partial charge on any atom is 0.262 e. The van der Waals surface area contributed by atoms with Gasteiger partial charge >= 0.3 is 0 Å². The molecule has 7 nitrogen and oxygen atoms in total. The van der Waals surface area contributed by atoms with Crippen molar-refractivity contribution in [1.82, 2.24) is 4.90 Å². The van der Waals surface area contributed by atoms with E-state index >= 15 is 0 Å². The van der Waals surface area contributed by atoms with Crippen LogP contribution in [0.3, 0.4) is 0 Å². The number of carbonyl (C=O) groups excluding carboxylic acids is 2. The Morgan fingerprint density at radius 2 is 1.50 bits per heavy atom. The summed E-state index contributed by atoms with van der Waals surface area (Å²) in [6, 6.07) is 25.8. The Bertz CT molecular complexity index is 1250. The highest BCUT2D eigenvalue weighted by Gasteiger charge is 2.56. The van der Waals surface area contributed by atoms with Gasteiger partial charge in [0.05, 0.1) is 24.3 Å². The fourth-order valence-corrected chi connectivity index (χ4v) is 6.37. The van der Waals surface area contributed by atoms with Gasteiger partial charge in [-0.1, -0.05) is 79.7 Å². The molecule has 2 fully saturated rings. The number of fused-ring (bicyclic) bond motifs is 2. The SMILES string of the molecule is CCS[C@@H]1OC2COC(c3ccccc3)O[C@H]2C(OCc2ccccc2)[C@@H]1N1C(=O)c2ccccc2C1=O. The van der Waals surface area contributed by atoms with Crippen LogP contribution in [0.5, 0.6) is 0 Å². The second-order valence-electron chi connectivity index (χ2n) is 9.45. The fourth-order valence-electron chi connectivity index (χ4n) is 5.35.